The lowest BCUT2D eigenvalue weighted by atomic mass is 9.53. The van der Waals surface area contributed by atoms with E-state index in [-0.39, 0.29) is 23.9 Å². The lowest BCUT2D eigenvalue weighted by molar-refractivity contribution is -0.0185. The molecule has 0 aromatic rings. The fourth-order valence-corrected chi connectivity index (χ4v) is 6.01. The normalized spacial score (nSPS) is 32.9. The smallest absolute Gasteiger partial charge is 0.317 e. The van der Waals surface area contributed by atoms with Crippen molar-refractivity contribution >= 4 is 6.03 Å². The molecule has 4 aliphatic carbocycles. The van der Waals surface area contributed by atoms with Gasteiger partial charge in [0.25, 0.3) is 0 Å². The zero-order chi connectivity index (χ0) is 20.0. The van der Waals surface area contributed by atoms with Gasteiger partial charge in [-0.1, -0.05) is 0 Å². The molecule has 2 atom stereocenters. The van der Waals surface area contributed by atoms with Gasteiger partial charge in [0, 0.05) is 18.8 Å². The first-order valence-electron chi connectivity index (χ1n) is 11.4. The molecule has 0 saturated heterocycles. The van der Waals surface area contributed by atoms with Gasteiger partial charge in [0.15, 0.2) is 0 Å². The van der Waals surface area contributed by atoms with Crippen molar-refractivity contribution in [1.29, 1.82) is 0 Å². The quantitative estimate of drug-likeness (QED) is 0.388. The molecule has 0 heterocycles. The summed E-state index contributed by atoms with van der Waals surface area (Å²) in [5, 5.41) is 6.44. The molecule has 2 N–H and O–H groups in total. The Bertz CT molecular complexity index is 464. The van der Waals surface area contributed by atoms with Crippen LogP contribution in [0.1, 0.15) is 72.1 Å². The van der Waals surface area contributed by atoms with E-state index in [1.807, 2.05) is 13.8 Å². The summed E-state index contributed by atoms with van der Waals surface area (Å²) in [6.45, 7) is 8.54. The number of nitrogens with one attached hydrogen (secondary N) is 2. The molecule has 2 unspecified atom stereocenters. The van der Waals surface area contributed by atoms with Gasteiger partial charge >= 0.3 is 6.03 Å². The number of carbonyl (C=O) groups excluding carboxylic acids is 1. The summed E-state index contributed by atoms with van der Waals surface area (Å²) >= 11 is 0. The Labute approximate surface area is 170 Å². The van der Waals surface area contributed by atoms with E-state index in [1.165, 1.54) is 19.3 Å². The van der Waals surface area contributed by atoms with E-state index in [4.69, 9.17) is 14.2 Å². The molecule has 6 nitrogen and oxygen atoms in total. The van der Waals surface area contributed by atoms with Crippen molar-refractivity contribution in [2.24, 2.45) is 17.8 Å². The standard InChI is InChI=1S/C22H40N2O4/c1-4-26-8-9-28-16(3)6-7-20(27-5-2)23-21(25)24-22-13-17-10-18(14-22)12-19(11-17)15-22/h16-20H,4-15H2,1-3H3,(H2,23,24,25). The molecule has 0 aromatic heterocycles. The maximum Gasteiger partial charge on any atom is 0.317 e. The molecule has 2 amide bonds. The maximum atomic E-state index is 12.8. The highest BCUT2D eigenvalue weighted by Gasteiger charge is 2.51. The molecule has 4 saturated carbocycles. The van der Waals surface area contributed by atoms with Crippen molar-refractivity contribution in [3.63, 3.8) is 0 Å². The van der Waals surface area contributed by atoms with Gasteiger partial charge in [0.05, 0.1) is 19.3 Å². The third kappa shape index (κ3) is 6.07. The van der Waals surface area contributed by atoms with E-state index >= 15 is 0 Å². The molecule has 4 bridgehead atoms. The van der Waals surface area contributed by atoms with Gasteiger partial charge in [0.1, 0.15) is 6.23 Å². The van der Waals surface area contributed by atoms with Crippen LogP contribution in [0.15, 0.2) is 0 Å². The fourth-order valence-electron chi connectivity index (χ4n) is 6.01. The van der Waals surface area contributed by atoms with Crippen molar-refractivity contribution in [2.75, 3.05) is 26.4 Å². The summed E-state index contributed by atoms with van der Waals surface area (Å²) in [4.78, 5) is 12.8. The van der Waals surface area contributed by atoms with Crippen LogP contribution in [0.5, 0.6) is 0 Å². The first-order chi connectivity index (χ1) is 13.5. The lowest BCUT2D eigenvalue weighted by Gasteiger charge is -2.56. The second-order valence-corrected chi connectivity index (χ2v) is 9.20. The highest BCUT2D eigenvalue weighted by Crippen LogP contribution is 2.55. The molecular formula is C22H40N2O4. The van der Waals surface area contributed by atoms with Gasteiger partial charge < -0.3 is 24.8 Å². The van der Waals surface area contributed by atoms with Gasteiger partial charge in [-0.05, 0) is 89.9 Å². The van der Waals surface area contributed by atoms with Crippen LogP contribution >= 0.6 is 0 Å². The van der Waals surface area contributed by atoms with Crippen molar-refractivity contribution in [3.05, 3.63) is 0 Å². The molecule has 0 aliphatic heterocycles. The molecule has 0 radical (unpaired) electrons. The van der Waals surface area contributed by atoms with E-state index in [0.29, 0.717) is 26.4 Å². The van der Waals surface area contributed by atoms with Crippen LogP contribution in [0, 0.1) is 17.8 Å². The van der Waals surface area contributed by atoms with Gasteiger partial charge in [-0.2, -0.15) is 0 Å². The average Bonchev–Trinajstić information content (AvgIpc) is 2.62. The summed E-state index contributed by atoms with van der Waals surface area (Å²) in [5.41, 5.74) is 0.0330. The number of urea groups is 1. The number of rotatable bonds is 12. The molecule has 28 heavy (non-hydrogen) atoms. The Kier molecular flexibility index (Phi) is 8.01. The first-order valence-corrected chi connectivity index (χ1v) is 11.4. The Hall–Kier alpha value is -0.850. The van der Waals surface area contributed by atoms with E-state index in [0.717, 1.165) is 49.9 Å². The summed E-state index contributed by atoms with van der Waals surface area (Å²) in [5.74, 6) is 2.47. The third-order valence-corrected chi connectivity index (χ3v) is 6.75. The molecule has 6 heteroatoms. The van der Waals surface area contributed by atoms with E-state index < -0.39 is 0 Å². The summed E-state index contributed by atoms with van der Waals surface area (Å²) in [7, 11) is 0. The Balaban J connectivity index is 1.41. The summed E-state index contributed by atoms with van der Waals surface area (Å²) < 4.78 is 16.8. The zero-order valence-electron chi connectivity index (χ0n) is 18.0. The largest absolute Gasteiger partial charge is 0.379 e. The number of hydrogen-bond donors (Lipinski definition) is 2. The van der Waals surface area contributed by atoms with Crippen LogP contribution < -0.4 is 10.6 Å². The summed E-state index contributed by atoms with van der Waals surface area (Å²) in [6, 6.07) is -0.0645. The predicted molar refractivity (Wildman–Crippen MR) is 109 cm³/mol. The Morgan fingerprint density at radius 3 is 2.18 bits per heavy atom. The molecule has 4 fully saturated rings. The first kappa shape index (κ1) is 21.8. The van der Waals surface area contributed by atoms with E-state index in [2.05, 4.69) is 17.6 Å². The number of carbonyl (C=O) groups is 1. The van der Waals surface area contributed by atoms with Crippen LogP contribution in [-0.4, -0.2) is 50.3 Å². The molecule has 162 valence electrons. The zero-order valence-corrected chi connectivity index (χ0v) is 18.0. The monoisotopic (exact) mass is 396 g/mol. The van der Waals surface area contributed by atoms with Crippen molar-refractivity contribution in [1.82, 2.24) is 10.6 Å². The van der Waals surface area contributed by atoms with Crippen molar-refractivity contribution in [2.45, 2.75) is 90.0 Å². The molecular weight excluding hydrogens is 356 g/mol. The van der Waals surface area contributed by atoms with Crippen LogP contribution in [0.2, 0.25) is 0 Å². The third-order valence-electron chi connectivity index (χ3n) is 6.75. The minimum atomic E-state index is -0.267. The minimum Gasteiger partial charge on any atom is -0.379 e. The van der Waals surface area contributed by atoms with Crippen LogP contribution in [0.25, 0.3) is 0 Å². The van der Waals surface area contributed by atoms with Gasteiger partial charge in [-0.25, -0.2) is 4.79 Å². The van der Waals surface area contributed by atoms with Crippen molar-refractivity contribution < 1.29 is 19.0 Å². The highest BCUT2D eigenvalue weighted by molar-refractivity contribution is 5.75. The molecule has 4 rings (SSSR count). The second kappa shape index (κ2) is 10.3. The van der Waals surface area contributed by atoms with Crippen LogP contribution in [0.3, 0.4) is 0 Å². The number of amides is 2. The minimum absolute atomic E-state index is 0.0330. The van der Waals surface area contributed by atoms with Gasteiger partial charge in [-0.15, -0.1) is 0 Å². The number of ether oxygens (including phenoxy) is 3. The number of hydrogen-bond acceptors (Lipinski definition) is 4. The maximum absolute atomic E-state index is 12.8. The van der Waals surface area contributed by atoms with E-state index in [9.17, 15) is 4.79 Å². The van der Waals surface area contributed by atoms with Gasteiger partial charge in [-0.3, -0.25) is 0 Å². The van der Waals surface area contributed by atoms with Crippen molar-refractivity contribution in [3.8, 4) is 0 Å². The highest BCUT2D eigenvalue weighted by atomic mass is 16.5. The topological polar surface area (TPSA) is 68.8 Å². The van der Waals surface area contributed by atoms with Crippen LogP contribution in [0.4, 0.5) is 4.79 Å². The molecule has 0 spiro atoms. The van der Waals surface area contributed by atoms with E-state index in [1.54, 1.807) is 0 Å². The lowest BCUT2D eigenvalue weighted by Crippen LogP contribution is -2.62. The van der Waals surface area contributed by atoms with Gasteiger partial charge in [0.2, 0.25) is 0 Å². The molecule has 0 aromatic carbocycles. The SMILES string of the molecule is CCOCCOC(C)CCC(NC(=O)NC12CC3CC(CC(C3)C1)C2)OCC. The second-order valence-electron chi connectivity index (χ2n) is 9.20. The Morgan fingerprint density at radius 2 is 1.61 bits per heavy atom. The molecule has 4 aliphatic rings. The van der Waals surface area contributed by atoms with Crippen LogP contribution in [-0.2, 0) is 14.2 Å². The summed E-state index contributed by atoms with van der Waals surface area (Å²) in [6.07, 6.45) is 9.07. The average molecular weight is 397 g/mol. The fraction of sp³-hybridized carbons (Fsp3) is 0.955. The predicted octanol–water partition coefficient (Wildman–Crippen LogP) is 3.84. The Morgan fingerprint density at radius 1 is 0.964 bits per heavy atom.